The minimum Gasteiger partial charge on any atom is -0.341 e. The largest absolute Gasteiger partial charge is 0.341 e. The Kier molecular flexibility index (Phi) is 7.54. The quantitative estimate of drug-likeness (QED) is 0.619. The van der Waals surface area contributed by atoms with E-state index in [-0.39, 0.29) is 30.6 Å². The highest BCUT2D eigenvalue weighted by molar-refractivity contribution is 5.85. The van der Waals surface area contributed by atoms with Crippen LogP contribution in [-0.4, -0.2) is 52.0 Å². The average Bonchev–Trinajstić information content (AvgIpc) is 3.06. The van der Waals surface area contributed by atoms with Gasteiger partial charge in [0, 0.05) is 31.7 Å². The SMILES string of the molecule is Cl.O=C(Cc1cccc(F)c1)N1CCCN(Cc2noc(-c3ccccc3)n2)CC1. The van der Waals surface area contributed by atoms with Gasteiger partial charge in [0.05, 0.1) is 13.0 Å². The van der Waals surface area contributed by atoms with Crippen LogP contribution in [0.3, 0.4) is 0 Å². The Bertz CT molecular complexity index is 967. The van der Waals surface area contributed by atoms with Crippen molar-refractivity contribution in [2.24, 2.45) is 0 Å². The molecule has 8 heteroatoms. The second-order valence-electron chi connectivity index (χ2n) is 7.20. The zero-order valence-electron chi connectivity index (χ0n) is 16.5. The maximum absolute atomic E-state index is 13.3. The summed E-state index contributed by atoms with van der Waals surface area (Å²) in [6, 6.07) is 15.9. The predicted molar refractivity (Wildman–Crippen MR) is 114 cm³/mol. The first-order chi connectivity index (χ1) is 14.2. The monoisotopic (exact) mass is 430 g/mol. The van der Waals surface area contributed by atoms with Gasteiger partial charge < -0.3 is 9.42 Å². The first kappa shape index (κ1) is 21.9. The third-order valence-electron chi connectivity index (χ3n) is 5.04. The smallest absolute Gasteiger partial charge is 0.257 e. The van der Waals surface area contributed by atoms with E-state index in [0.717, 1.165) is 25.1 Å². The van der Waals surface area contributed by atoms with Gasteiger partial charge in [-0.2, -0.15) is 4.98 Å². The highest BCUT2D eigenvalue weighted by Crippen LogP contribution is 2.17. The molecule has 0 aliphatic carbocycles. The van der Waals surface area contributed by atoms with Crippen LogP contribution in [0.1, 0.15) is 17.8 Å². The van der Waals surface area contributed by atoms with Crippen molar-refractivity contribution in [1.82, 2.24) is 19.9 Å². The molecule has 2 heterocycles. The molecule has 158 valence electrons. The highest BCUT2D eigenvalue weighted by atomic mass is 35.5. The minimum absolute atomic E-state index is 0. The van der Waals surface area contributed by atoms with Crippen LogP contribution in [0.25, 0.3) is 11.5 Å². The fourth-order valence-electron chi connectivity index (χ4n) is 3.53. The van der Waals surface area contributed by atoms with Crippen LogP contribution >= 0.6 is 12.4 Å². The summed E-state index contributed by atoms with van der Waals surface area (Å²) in [5.41, 5.74) is 1.60. The van der Waals surface area contributed by atoms with Gasteiger partial charge in [-0.3, -0.25) is 9.69 Å². The zero-order chi connectivity index (χ0) is 20.1. The van der Waals surface area contributed by atoms with Crippen LogP contribution in [0.15, 0.2) is 59.1 Å². The summed E-state index contributed by atoms with van der Waals surface area (Å²) < 4.78 is 18.7. The van der Waals surface area contributed by atoms with Gasteiger partial charge in [0.1, 0.15) is 5.82 Å². The van der Waals surface area contributed by atoms with E-state index in [1.807, 2.05) is 35.2 Å². The van der Waals surface area contributed by atoms with Gasteiger partial charge in [-0.15, -0.1) is 12.4 Å². The fraction of sp³-hybridized carbons (Fsp3) is 0.318. The highest BCUT2D eigenvalue weighted by Gasteiger charge is 2.21. The lowest BCUT2D eigenvalue weighted by atomic mass is 10.1. The molecule has 3 aromatic rings. The van der Waals surface area contributed by atoms with E-state index in [4.69, 9.17) is 4.52 Å². The number of carbonyl (C=O) groups is 1. The lowest BCUT2D eigenvalue weighted by Crippen LogP contribution is -2.36. The molecule has 2 aromatic carbocycles. The molecule has 1 saturated heterocycles. The average molecular weight is 431 g/mol. The molecular formula is C22H24ClFN4O2. The molecule has 4 rings (SSSR count). The molecule has 0 atom stereocenters. The summed E-state index contributed by atoms with van der Waals surface area (Å²) in [5.74, 6) is 0.876. The van der Waals surface area contributed by atoms with Gasteiger partial charge in [0.2, 0.25) is 5.91 Å². The fourth-order valence-corrected chi connectivity index (χ4v) is 3.53. The van der Waals surface area contributed by atoms with Crippen LogP contribution in [0.5, 0.6) is 0 Å². The standard InChI is InChI=1S/C22H23FN4O2.ClH/c23-19-9-4-6-17(14-19)15-21(28)27-11-5-10-26(12-13-27)16-20-24-22(29-25-20)18-7-2-1-3-8-18;/h1-4,6-9,14H,5,10-13,15-16H2;1H. The Morgan fingerprint density at radius 1 is 1.03 bits per heavy atom. The Morgan fingerprint density at radius 3 is 2.67 bits per heavy atom. The molecule has 1 aliphatic heterocycles. The van der Waals surface area contributed by atoms with Crippen LogP contribution < -0.4 is 0 Å². The molecule has 0 bridgehead atoms. The first-order valence-corrected chi connectivity index (χ1v) is 9.80. The van der Waals surface area contributed by atoms with Crippen LogP contribution in [0.2, 0.25) is 0 Å². The zero-order valence-corrected chi connectivity index (χ0v) is 17.4. The Balaban J connectivity index is 0.00000256. The van der Waals surface area contributed by atoms with E-state index >= 15 is 0 Å². The number of rotatable bonds is 5. The van der Waals surface area contributed by atoms with E-state index in [9.17, 15) is 9.18 Å². The molecule has 0 N–H and O–H groups in total. The summed E-state index contributed by atoms with van der Waals surface area (Å²) in [5, 5.41) is 4.09. The second-order valence-corrected chi connectivity index (χ2v) is 7.20. The molecule has 0 saturated carbocycles. The maximum Gasteiger partial charge on any atom is 0.257 e. The Labute approximate surface area is 181 Å². The summed E-state index contributed by atoms with van der Waals surface area (Å²) in [7, 11) is 0. The molecule has 30 heavy (non-hydrogen) atoms. The van der Waals surface area contributed by atoms with Crippen molar-refractivity contribution in [2.45, 2.75) is 19.4 Å². The van der Waals surface area contributed by atoms with Crippen molar-refractivity contribution in [3.05, 3.63) is 71.8 Å². The van der Waals surface area contributed by atoms with Gasteiger partial charge in [0.25, 0.3) is 5.89 Å². The van der Waals surface area contributed by atoms with Crippen LogP contribution in [0, 0.1) is 5.82 Å². The minimum atomic E-state index is -0.313. The number of halogens is 2. The Hall–Kier alpha value is -2.77. The van der Waals surface area contributed by atoms with Crippen molar-refractivity contribution in [1.29, 1.82) is 0 Å². The van der Waals surface area contributed by atoms with E-state index in [0.29, 0.717) is 36.9 Å². The van der Waals surface area contributed by atoms with Crippen molar-refractivity contribution in [2.75, 3.05) is 26.2 Å². The third kappa shape index (κ3) is 5.64. The van der Waals surface area contributed by atoms with Crippen LogP contribution in [0.4, 0.5) is 4.39 Å². The number of carbonyl (C=O) groups excluding carboxylic acids is 1. The van der Waals surface area contributed by atoms with Crippen molar-refractivity contribution in [3.63, 3.8) is 0 Å². The number of amides is 1. The topological polar surface area (TPSA) is 62.5 Å². The molecule has 0 spiro atoms. The molecule has 1 aromatic heterocycles. The summed E-state index contributed by atoms with van der Waals surface area (Å²) in [6.45, 7) is 3.52. The van der Waals surface area contributed by atoms with E-state index in [2.05, 4.69) is 15.0 Å². The Morgan fingerprint density at radius 2 is 1.87 bits per heavy atom. The number of aromatic nitrogens is 2. The van der Waals surface area contributed by atoms with Gasteiger partial charge in [0.15, 0.2) is 5.82 Å². The van der Waals surface area contributed by atoms with Crippen molar-refractivity contribution < 1.29 is 13.7 Å². The molecule has 0 unspecified atom stereocenters. The lowest BCUT2D eigenvalue weighted by molar-refractivity contribution is -0.130. The number of hydrogen-bond acceptors (Lipinski definition) is 5. The number of benzene rings is 2. The van der Waals surface area contributed by atoms with E-state index in [1.165, 1.54) is 12.1 Å². The molecule has 1 fully saturated rings. The van der Waals surface area contributed by atoms with Gasteiger partial charge >= 0.3 is 0 Å². The normalized spacial score (nSPS) is 14.8. The molecular weight excluding hydrogens is 407 g/mol. The van der Waals surface area contributed by atoms with Gasteiger partial charge in [-0.05, 0) is 36.2 Å². The maximum atomic E-state index is 13.3. The first-order valence-electron chi connectivity index (χ1n) is 9.80. The summed E-state index contributed by atoms with van der Waals surface area (Å²) in [6.07, 6.45) is 1.10. The number of hydrogen-bond donors (Lipinski definition) is 0. The lowest BCUT2D eigenvalue weighted by Gasteiger charge is -2.21. The van der Waals surface area contributed by atoms with Gasteiger partial charge in [-0.25, -0.2) is 4.39 Å². The molecule has 1 amide bonds. The van der Waals surface area contributed by atoms with Crippen LogP contribution in [-0.2, 0) is 17.8 Å². The summed E-state index contributed by atoms with van der Waals surface area (Å²) in [4.78, 5) is 21.2. The summed E-state index contributed by atoms with van der Waals surface area (Å²) >= 11 is 0. The third-order valence-corrected chi connectivity index (χ3v) is 5.04. The van der Waals surface area contributed by atoms with E-state index < -0.39 is 0 Å². The second kappa shape index (κ2) is 10.3. The van der Waals surface area contributed by atoms with Crippen molar-refractivity contribution in [3.8, 4) is 11.5 Å². The molecule has 6 nitrogen and oxygen atoms in total. The predicted octanol–water partition coefficient (Wildman–Crippen LogP) is 3.57. The number of nitrogens with zero attached hydrogens (tertiary/aromatic N) is 4. The molecule has 1 aliphatic rings. The molecule has 0 radical (unpaired) electrons. The van der Waals surface area contributed by atoms with E-state index in [1.54, 1.807) is 12.1 Å². The van der Waals surface area contributed by atoms with Gasteiger partial charge in [-0.1, -0.05) is 35.5 Å². The van der Waals surface area contributed by atoms with Crippen molar-refractivity contribution >= 4 is 18.3 Å².